The zero-order chi connectivity index (χ0) is 12.6. The quantitative estimate of drug-likeness (QED) is 0.760. The number of hydrogen-bond donors (Lipinski definition) is 0. The van der Waals surface area contributed by atoms with Crippen molar-refractivity contribution in [2.45, 2.75) is 43.8 Å². The van der Waals surface area contributed by atoms with Gasteiger partial charge >= 0.3 is 0 Å². The Kier molecular flexibility index (Phi) is 2.91. The smallest absolute Gasteiger partial charge is 0.168 e. The normalized spacial score (nSPS) is 25.4. The topological polar surface area (TPSA) is 18.5 Å². The highest BCUT2D eigenvalue weighted by Crippen LogP contribution is 2.45. The third-order valence-electron chi connectivity index (χ3n) is 4.47. The maximum Gasteiger partial charge on any atom is 0.168 e. The van der Waals surface area contributed by atoms with Gasteiger partial charge in [0.1, 0.15) is 5.82 Å². The molecule has 0 atom stereocenters. The van der Waals surface area contributed by atoms with Crippen molar-refractivity contribution in [3.63, 3.8) is 0 Å². The van der Waals surface area contributed by atoms with Crippen LogP contribution in [0.25, 0.3) is 0 Å². The molecule has 2 aliphatic rings. The first kappa shape index (κ1) is 12.1. The van der Waals surface area contributed by atoms with Gasteiger partial charge in [0.25, 0.3) is 0 Å². The number of benzene rings is 1. The first-order chi connectivity index (χ1) is 8.62. The molecule has 2 fully saturated rings. The highest BCUT2D eigenvalue weighted by atomic mass is 19.1. The zero-order valence-corrected chi connectivity index (χ0v) is 10.7. The van der Waals surface area contributed by atoms with Crippen molar-refractivity contribution in [2.24, 2.45) is 0 Å². The maximum atomic E-state index is 13.0. The van der Waals surface area contributed by atoms with Crippen molar-refractivity contribution in [1.82, 2.24) is 0 Å². The third-order valence-corrected chi connectivity index (χ3v) is 4.47. The van der Waals surface area contributed by atoms with E-state index in [-0.39, 0.29) is 17.0 Å². The number of hydrogen-bond acceptors (Lipinski definition) is 2. The fourth-order valence-corrected chi connectivity index (χ4v) is 3.11. The molecule has 1 spiro atoms. The van der Waals surface area contributed by atoms with Gasteiger partial charge in [0.2, 0.25) is 0 Å². The molecule has 0 radical (unpaired) electrons. The lowest BCUT2D eigenvalue weighted by Gasteiger charge is -2.42. The third kappa shape index (κ3) is 2.06. The van der Waals surface area contributed by atoms with Crippen LogP contribution in [0.1, 0.15) is 38.2 Å². The van der Waals surface area contributed by atoms with Gasteiger partial charge in [-0.1, -0.05) is 19.1 Å². The molecule has 1 heterocycles. The maximum absolute atomic E-state index is 13.0. The van der Waals surface area contributed by atoms with Crippen LogP contribution in [0.4, 0.5) is 4.39 Å². The Hall–Kier alpha value is -0.930. The Labute approximate surface area is 107 Å². The summed E-state index contributed by atoms with van der Waals surface area (Å²) in [6.07, 6.45) is 3.92. The molecule has 0 bridgehead atoms. The molecule has 2 nitrogen and oxygen atoms in total. The lowest BCUT2D eigenvalue weighted by molar-refractivity contribution is -0.184. The summed E-state index contributed by atoms with van der Waals surface area (Å²) in [4.78, 5) is 0. The summed E-state index contributed by atoms with van der Waals surface area (Å²) in [7, 11) is 0. The Morgan fingerprint density at radius 2 is 1.50 bits per heavy atom. The molecular weight excluding hydrogens is 231 g/mol. The molecule has 1 aliphatic heterocycles. The molecule has 0 aromatic heterocycles. The molecule has 0 amide bonds. The van der Waals surface area contributed by atoms with E-state index in [1.165, 1.54) is 5.56 Å². The summed E-state index contributed by atoms with van der Waals surface area (Å²) in [5, 5.41) is 0. The Bertz CT molecular complexity index is 411. The van der Waals surface area contributed by atoms with Crippen LogP contribution in [0.3, 0.4) is 0 Å². The summed E-state index contributed by atoms with van der Waals surface area (Å²) in [6, 6.07) is 6.91. The molecule has 1 aromatic rings. The SMILES string of the molecule is CC1(c2ccc(F)cc2)CCC2(CC1)OCCO2. The minimum atomic E-state index is -0.320. The van der Waals surface area contributed by atoms with Crippen molar-refractivity contribution in [3.05, 3.63) is 35.6 Å². The van der Waals surface area contributed by atoms with Crippen molar-refractivity contribution < 1.29 is 13.9 Å². The minimum absolute atomic E-state index is 0.119. The molecule has 0 N–H and O–H groups in total. The van der Waals surface area contributed by atoms with Gasteiger partial charge in [0.05, 0.1) is 13.2 Å². The van der Waals surface area contributed by atoms with Gasteiger partial charge in [-0.25, -0.2) is 4.39 Å². The highest BCUT2D eigenvalue weighted by Gasteiger charge is 2.44. The monoisotopic (exact) mass is 250 g/mol. The van der Waals surface area contributed by atoms with Gasteiger partial charge in [0.15, 0.2) is 5.79 Å². The highest BCUT2D eigenvalue weighted by molar-refractivity contribution is 5.26. The van der Waals surface area contributed by atoms with E-state index in [0.29, 0.717) is 13.2 Å². The molecule has 0 unspecified atom stereocenters. The van der Waals surface area contributed by atoms with Crippen LogP contribution in [0.5, 0.6) is 0 Å². The molecule has 1 aromatic carbocycles. The van der Waals surface area contributed by atoms with Crippen molar-refractivity contribution in [1.29, 1.82) is 0 Å². The molecule has 3 heteroatoms. The van der Waals surface area contributed by atoms with Crippen LogP contribution in [-0.2, 0) is 14.9 Å². The average molecular weight is 250 g/mol. The largest absolute Gasteiger partial charge is 0.348 e. The number of halogens is 1. The van der Waals surface area contributed by atoms with Gasteiger partial charge in [-0.3, -0.25) is 0 Å². The van der Waals surface area contributed by atoms with Gasteiger partial charge in [0, 0.05) is 12.8 Å². The first-order valence-electron chi connectivity index (χ1n) is 6.66. The van der Waals surface area contributed by atoms with Gasteiger partial charge < -0.3 is 9.47 Å². The van der Waals surface area contributed by atoms with Crippen molar-refractivity contribution in [2.75, 3.05) is 13.2 Å². The predicted molar refractivity (Wildman–Crippen MR) is 66.9 cm³/mol. The minimum Gasteiger partial charge on any atom is -0.348 e. The molecular formula is C15H19FO2. The van der Waals surface area contributed by atoms with E-state index < -0.39 is 0 Å². The Balaban J connectivity index is 1.75. The molecule has 18 heavy (non-hydrogen) atoms. The summed E-state index contributed by atoms with van der Waals surface area (Å²) in [5.41, 5.74) is 1.34. The summed E-state index contributed by atoms with van der Waals surface area (Å²) < 4.78 is 24.5. The lowest BCUT2D eigenvalue weighted by atomic mass is 9.69. The van der Waals surface area contributed by atoms with E-state index in [1.54, 1.807) is 12.1 Å². The van der Waals surface area contributed by atoms with Gasteiger partial charge in [-0.05, 0) is 36.0 Å². The predicted octanol–water partition coefficient (Wildman–Crippen LogP) is 3.40. The van der Waals surface area contributed by atoms with Gasteiger partial charge in [-0.15, -0.1) is 0 Å². The van der Waals surface area contributed by atoms with Crippen LogP contribution in [0, 0.1) is 5.82 Å². The molecule has 3 rings (SSSR count). The molecule has 1 saturated heterocycles. The fourth-order valence-electron chi connectivity index (χ4n) is 3.11. The van der Waals surface area contributed by atoms with Crippen LogP contribution in [0.2, 0.25) is 0 Å². The van der Waals surface area contributed by atoms with Crippen LogP contribution < -0.4 is 0 Å². The second-order valence-corrected chi connectivity index (χ2v) is 5.68. The summed E-state index contributed by atoms with van der Waals surface area (Å²) in [6.45, 7) is 3.68. The van der Waals surface area contributed by atoms with Gasteiger partial charge in [-0.2, -0.15) is 0 Å². The van der Waals surface area contributed by atoms with Crippen molar-refractivity contribution >= 4 is 0 Å². The second kappa shape index (κ2) is 4.32. The standard InChI is InChI=1S/C15H19FO2/c1-14(12-2-4-13(16)5-3-12)6-8-15(9-7-14)17-10-11-18-15/h2-5H,6-11H2,1H3. The fraction of sp³-hybridized carbons (Fsp3) is 0.600. The second-order valence-electron chi connectivity index (χ2n) is 5.68. The molecule has 1 saturated carbocycles. The Morgan fingerprint density at radius 1 is 0.944 bits per heavy atom. The van der Waals surface area contributed by atoms with Crippen LogP contribution in [0.15, 0.2) is 24.3 Å². The Morgan fingerprint density at radius 3 is 2.06 bits per heavy atom. The summed E-state index contributed by atoms with van der Waals surface area (Å²) in [5.74, 6) is -0.489. The van der Waals surface area contributed by atoms with E-state index in [1.807, 2.05) is 12.1 Å². The average Bonchev–Trinajstić information content (AvgIpc) is 2.83. The zero-order valence-electron chi connectivity index (χ0n) is 10.7. The van der Waals surface area contributed by atoms with Crippen LogP contribution in [-0.4, -0.2) is 19.0 Å². The van der Waals surface area contributed by atoms with E-state index in [9.17, 15) is 4.39 Å². The van der Waals surface area contributed by atoms with E-state index >= 15 is 0 Å². The lowest BCUT2D eigenvalue weighted by Crippen LogP contribution is -2.40. The number of rotatable bonds is 1. The molecule has 98 valence electrons. The number of ether oxygens (including phenoxy) is 2. The van der Waals surface area contributed by atoms with E-state index in [2.05, 4.69) is 6.92 Å². The first-order valence-corrected chi connectivity index (χ1v) is 6.66. The van der Waals surface area contributed by atoms with Crippen molar-refractivity contribution in [3.8, 4) is 0 Å². The van der Waals surface area contributed by atoms with Crippen LogP contribution >= 0.6 is 0 Å². The molecule has 1 aliphatic carbocycles. The summed E-state index contributed by atoms with van der Waals surface area (Å²) >= 11 is 0. The van der Waals surface area contributed by atoms with E-state index in [4.69, 9.17) is 9.47 Å². The van der Waals surface area contributed by atoms with E-state index in [0.717, 1.165) is 25.7 Å².